The average molecular weight is 225 g/mol. The SMILES string of the molecule is CCOC(=O)C1CNCC12CCCC2CC. The van der Waals surface area contributed by atoms with Crippen molar-refractivity contribution in [2.45, 2.75) is 39.5 Å². The molecule has 3 heteroatoms. The van der Waals surface area contributed by atoms with Crippen LogP contribution in [0.15, 0.2) is 0 Å². The molecule has 16 heavy (non-hydrogen) atoms. The van der Waals surface area contributed by atoms with E-state index in [1.54, 1.807) is 0 Å². The van der Waals surface area contributed by atoms with Gasteiger partial charge in [-0.1, -0.05) is 19.8 Å². The number of carbonyl (C=O) groups excluding carboxylic acids is 1. The van der Waals surface area contributed by atoms with Crippen molar-refractivity contribution >= 4 is 5.97 Å². The van der Waals surface area contributed by atoms with Crippen LogP contribution in [-0.2, 0) is 9.53 Å². The van der Waals surface area contributed by atoms with Crippen molar-refractivity contribution in [2.75, 3.05) is 19.7 Å². The fourth-order valence-corrected chi connectivity index (χ4v) is 3.81. The lowest BCUT2D eigenvalue weighted by molar-refractivity contribution is -0.152. The summed E-state index contributed by atoms with van der Waals surface area (Å²) in [5, 5.41) is 3.41. The van der Waals surface area contributed by atoms with Crippen molar-refractivity contribution in [3.63, 3.8) is 0 Å². The summed E-state index contributed by atoms with van der Waals surface area (Å²) in [4.78, 5) is 12.0. The Bertz CT molecular complexity index is 263. The summed E-state index contributed by atoms with van der Waals surface area (Å²) >= 11 is 0. The van der Waals surface area contributed by atoms with Gasteiger partial charge in [0.2, 0.25) is 0 Å². The van der Waals surface area contributed by atoms with Gasteiger partial charge in [0.15, 0.2) is 0 Å². The van der Waals surface area contributed by atoms with E-state index in [1.165, 1.54) is 25.7 Å². The van der Waals surface area contributed by atoms with Gasteiger partial charge in [0.1, 0.15) is 0 Å². The molecule has 2 rings (SSSR count). The highest BCUT2D eigenvalue weighted by molar-refractivity contribution is 5.74. The van der Waals surface area contributed by atoms with Gasteiger partial charge in [-0.05, 0) is 25.7 Å². The van der Waals surface area contributed by atoms with Gasteiger partial charge in [-0.25, -0.2) is 0 Å². The lowest BCUT2D eigenvalue weighted by atomic mass is 9.69. The highest BCUT2D eigenvalue weighted by atomic mass is 16.5. The zero-order chi connectivity index (χ0) is 11.6. The molecule has 0 bridgehead atoms. The van der Waals surface area contributed by atoms with E-state index in [1.807, 2.05) is 6.92 Å². The Hall–Kier alpha value is -0.570. The van der Waals surface area contributed by atoms with E-state index in [-0.39, 0.29) is 17.3 Å². The van der Waals surface area contributed by atoms with Gasteiger partial charge >= 0.3 is 5.97 Å². The molecule has 0 aromatic carbocycles. The molecule has 1 heterocycles. The summed E-state index contributed by atoms with van der Waals surface area (Å²) in [6.07, 6.45) is 4.95. The molecule has 3 nitrogen and oxygen atoms in total. The lowest BCUT2D eigenvalue weighted by Gasteiger charge is -2.34. The predicted octanol–water partition coefficient (Wildman–Crippen LogP) is 1.97. The van der Waals surface area contributed by atoms with Gasteiger partial charge in [-0.2, -0.15) is 0 Å². The summed E-state index contributed by atoms with van der Waals surface area (Å²) in [7, 11) is 0. The largest absolute Gasteiger partial charge is 0.466 e. The molecule has 2 aliphatic rings. The number of nitrogens with one attached hydrogen (secondary N) is 1. The van der Waals surface area contributed by atoms with Crippen molar-refractivity contribution in [3.05, 3.63) is 0 Å². The van der Waals surface area contributed by atoms with E-state index in [9.17, 15) is 4.79 Å². The van der Waals surface area contributed by atoms with Crippen molar-refractivity contribution in [1.29, 1.82) is 0 Å². The zero-order valence-corrected chi connectivity index (χ0v) is 10.4. The number of ether oxygens (including phenoxy) is 1. The predicted molar refractivity (Wildman–Crippen MR) is 63.1 cm³/mol. The normalized spacial score (nSPS) is 38.1. The second-order valence-electron chi connectivity index (χ2n) is 5.17. The Morgan fingerprint density at radius 1 is 1.50 bits per heavy atom. The fourth-order valence-electron chi connectivity index (χ4n) is 3.81. The van der Waals surface area contributed by atoms with Gasteiger partial charge in [-0.3, -0.25) is 4.79 Å². The Morgan fingerprint density at radius 2 is 2.31 bits per heavy atom. The zero-order valence-electron chi connectivity index (χ0n) is 10.4. The van der Waals surface area contributed by atoms with Crippen molar-refractivity contribution in [2.24, 2.45) is 17.3 Å². The fraction of sp³-hybridized carbons (Fsp3) is 0.923. The minimum atomic E-state index is 0.0212. The molecule has 1 aliphatic heterocycles. The van der Waals surface area contributed by atoms with Crippen LogP contribution >= 0.6 is 0 Å². The van der Waals surface area contributed by atoms with E-state index < -0.39 is 0 Å². The molecule has 0 radical (unpaired) electrons. The summed E-state index contributed by atoms with van der Waals surface area (Å²) in [6, 6.07) is 0. The Morgan fingerprint density at radius 3 is 3.00 bits per heavy atom. The second-order valence-corrected chi connectivity index (χ2v) is 5.17. The standard InChI is InChI=1S/C13H23NO2/c1-3-10-6-5-7-13(10)9-14-8-11(13)12(15)16-4-2/h10-11,14H,3-9H2,1-2H3. The summed E-state index contributed by atoms with van der Waals surface area (Å²) in [6.45, 7) is 6.46. The van der Waals surface area contributed by atoms with Crippen molar-refractivity contribution in [1.82, 2.24) is 5.32 Å². The first-order chi connectivity index (χ1) is 7.74. The molecule has 92 valence electrons. The van der Waals surface area contributed by atoms with E-state index in [0.29, 0.717) is 12.5 Å². The van der Waals surface area contributed by atoms with Gasteiger partial charge in [0, 0.05) is 18.5 Å². The third kappa shape index (κ3) is 1.75. The molecule has 2 fully saturated rings. The number of esters is 1. The van der Waals surface area contributed by atoms with E-state index in [2.05, 4.69) is 12.2 Å². The topological polar surface area (TPSA) is 38.3 Å². The maximum Gasteiger partial charge on any atom is 0.310 e. The van der Waals surface area contributed by atoms with Gasteiger partial charge in [0.05, 0.1) is 12.5 Å². The molecule has 0 amide bonds. The van der Waals surface area contributed by atoms with Crippen LogP contribution in [0.1, 0.15) is 39.5 Å². The quantitative estimate of drug-likeness (QED) is 0.746. The van der Waals surface area contributed by atoms with E-state index in [0.717, 1.165) is 13.1 Å². The van der Waals surface area contributed by atoms with Crippen molar-refractivity contribution < 1.29 is 9.53 Å². The van der Waals surface area contributed by atoms with E-state index in [4.69, 9.17) is 4.74 Å². The molecule has 0 aromatic rings. The number of rotatable bonds is 3. The number of carbonyl (C=O) groups is 1. The van der Waals surface area contributed by atoms with Gasteiger partial charge in [0.25, 0.3) is 0 Å². The minimum absolute atomic E-state index is 0.0212. The first-order valence-corrected chi connectivity index (χ1v) is 6.62. The van der Waals surface area contributed by atoms with Crippen LogP contribution in [0.25, 0.3) is 0 Å². The molecule has 1 N–H and O–H groups in total. The first-order valence-electron chi connectivity index (χ1n) is 6.62. The van der Waals surface area contributed by atoms with Gasteiger partial charge in [-0.15, -0.1) is 0 Å². The first kappa shape index (κ1) is 11.9. The van der Waals surface area contributed by atoms with Gasteiger partial charge < -0.3 is 10.1 Å². The molecule has 1 saturated heterocycles. The third-order valence-corrected chi connectivity index (χ3v) is 4.57. The highest BCUT2D eigenvalue weighted by Crippen LogP contribution is 2.52. The van der Waals surface area contributed by atoms with Crippen molar-refractivity contribution in [3.8, 4) is 0 Å². The number of hydrogen-bond donors (Lipinski definition) is 1. The molecular weight excluding hydrogens is 202 g/mol. The Balaban J connectivity index is 2.15. The molecule has 3 atom stereocenters. The summed E-state index contributed by atoms with van der Waals surface area (Å²) in [5.41, 5.74) is 0.209. The van der Waals surface area contributed by atoms with Crippen LogP contribution in [-0.4, -0.2) is 25.7 Å². The molecule has 3 unspecified atom stereocenters. The smallest absolute Gasteiger partial charge is 0.310 e. The lowest BCUT2D eigenvalue weighted by Crippen LogP contribution is -2.38. The Kier molecular flexibility index (Phi) is 3.53. The second kappa shape index (κ2) is 4.74. The monoisotopic (exact) mass is 225 g/mol. The van der Waals surface area contributed by atoms with Crippen LogP contribution in [0.3, 0.4) is 0 Å². The van der Waals surface area contributed by atoms with Crippen LogP contribution in [0.5, 0.6) is 0 Å². The summed E-state index contributed by atoms with van der Waals surface area (Å²) in [5.74, 6) is 0.824. The minimum Gasteiger partial charge on any atom is -0.466 e. The maximum atomic E-state index is 12.0. The average Bonchev–Trinajstić information content (AvgIpc) is 2.87. The van der Waals surface area contributed by atoms with Crippen LogP contribution in [0, 0.1) is 17.3 Å². The van der Waals surface area contributed by atoms with E-state index >= 15 is 0 Å². The molecule has 0 aromatic heterocycles. The van der Waals surface area contributed by atoms with Crippen LogP contribution in [0.2, 0.25) is 0 Å². The molecule has 1 saturated carbocycles. The molecular formula is C13H23NO2. The third-order valence-electron chi connectivity index (χ3n) is 4.57. The summed E-state index contributed by atoms with van der Waals surface area (Å²) < 4.78 is 5.23. The Labute approximate surface area is 97.9 Å². The van der Waals surface area contributed by atoms with Crippen LogP contribution in [0.4, 0.5) is 0 Å². The number of hydrogen-bond acceptors (Lipinski definition) is 3. The molecule has 1 aliphatic carbocycles. The molecule has 1 spiro atoms. The highest BCUT2D eigenvalue weighted by Gasteiger charge is 2.53. The maximum absolute atomic E-state index is 12.0. The van der Waals surface area contributed by atoms with Crippen LogP contribution < -0.4 is 5.32 Å².